The van der Waals surface area contributed by atoms with Crippen LogP contribution in [-0.4, -0.2) is 23.6 Å². The first-order valence-corrected chi connectivity index (χ1v) is 6.99. The standard InChI is InChI=1S/C16H21N3O2/c1-5-17-15-11(2)16(19-12(3)18-15)21-10-13-6-8-14(20-4)9-7-13/h6-9H,5,10H2,1-4H3,(H,17,18,19). The second-order valence-electron chi connectivity index (χ2n) is 4.72. The van der Waals surface area contributed by atoms with E-state index in [1.165, 1.54) is 0 Å². The Balaban J connectivity index is 2.11. The van der Waals surface area contributed by atoms with E-state index in [9.17, 15) is 0 Å². The molecule has 2 aromatic rings. The van der Waals surface area contributed by atoms with Gasteiger partial charge in [0.05, 0.1) is 12.7 Å². The lowest BCUT2D eigenvalue weighted by atomic mass is 10.2. The third-order valence-corrected chi connectivity index (χ3v) is 3.09. The molecule has 0 fully saturated rings. The molecule has 1 aromatic carbocycles. The minimum Gasteiger partial charge on any atom is -0.497 e. The van der Waals surface area contributed by atoms with Crippen LogP contribution in [0.4, 0.5) is 5.82 Å². The number of nitrogens with zero attached hydrogens (tertiary/aromatic N) is 2. The molecule has 0 atom stereocenters. The molecule has 1 heterocycles. The first-order chi connectivity index (χ1) is 10.1. The third-order valence-electron chi connectivity index (χ3n) is 3.09. The SMILES string of the molecule is CCNc1nc(C)nc(OCc2ccc(OC)cc2)c1C. The number of hydrogen-bond donors (Lipinski definition) is 1. The molecule has 21 heavy (non-hydrogen) atoms. The van der Waals surface area contributed by atoms with Gasteiger partial charge >= 0.3 is 0 Å². The number of nitrogens with one attached hydrogen (secondary N) is 1. The quantitative estimate of drug-likeness (QED) is 0.884. The second-order valence-corrected chi connectivity index (χ2v) is 4.72. The van der Waals surface area contributed by atoms with E-state index in [2.05, 4.69) is 15.3 Å². The molecule has 5 heteroatoms. The third kappa shape index (κ3) is 3.84. The fourth-order valence-corrected chi connectivity index (χ4v) is 1.96. The molecular weight excluding hydrogens is 266 g/mol. The highest BCUT2D eigenvalue weighted by molar-refractivity contribution is 5.48. The lowest BCUT2D eigenvalue weighted by molar-refractivity contribution is 0.290. The lowest BCUT2D eigenvalue weighted by Gasteiger charge is -2.13. The molecule has 0 spiro atoms. The molecule has 0 bridgehead atoms. The summed E-state index contributed by atoms with van der Waals surface area (Å²) in [6, 6.07) is 7.79. The second kappa shape index (κ2) is 6.92. The highest BCUT2D eigenvalue weighted by Crippen LogP contribution is 2.23. The minimum absolute atomic E-state index is 0.465. The highest BCUT2D eigenvalue weighted by Gasteiger charge is 2.10. The summed E-state index contributed by atoms with van der Waals surface area (Å²) < 4.78 is 11.0. The summed E-state index contributed by atoms with van der Waals surface area (Å²) in [4.78, 5) is 8.75. The Labute approximate surface area is 125 Å². The maximum Gasteiger partial charge on any atom is 0.222 e. The van der Waals surface area contributed by atoms with E-state index in [0.717, 1.165) is 29.2 Å². The average molecular weight is 287 g/mol. The Morgan fingerprint density at radius 1 is 1.10 bits per heavy atom. The van der Waals surface area contributed by atoms with Crippen LogP contribution in [0.15, 0.2) is 24.3 Å². The Morgan fingerprint density at radius 3 is 2.43 bits per heavy atom. The molecule has 0 radical (unpaired) electrons. The van der Waals surface area contributed by atoms with Crippen LogP contribution in [0.2, 0.25) is 0 Å². The van der Waals surface area contributed by atoms with Crippen molar-refractivity contribution in [2.24, 2.45) is 0 Å². The topological polar surface area (TPSA) is 56.3 Å². The van der Waals surface area contributed by atoms with Crippen LogP contribution in [-0.2, 0) is 6.61 Å². The molecule has 1 N–H and O–H groups in total. The molecule has 5 nitrogen and oxygen atoms in total. The van der Waals surface area contributed by atoms with Crippen LogP contribution in [0.25, 0.3) is 0 Å². The normalized spacial score (nSPS) is 10.3. The number of aryl methyl sites for hydroxylation is 1. The predicted octanol–water partition coefficient (Wildman–Crippen LogP) is 3.11. The van der Waals surface area contributed by atoms with Crippen molar-refractivity contribution in [2.75, 3.05) is 19.0 Å². The number of methoxy groups -OCH3 is 1. The van der Waals surface area contributed by atoms with E-state index in [0.29, 0.717) is 18.3 Å². The summed E-state index contributed by atoms with van der Waals surface area (Å²) in [6.07, 6.45) is 0. The van der Waals surface area contributed by atoms with Gasteiger partial charge in [-0.1, -0.05) is 12.1 Å². The van der Waals surface area contributed by atoms with Crippen LogP contribution < -0.4 is 14.8 Å². The maximum absolute atomic E-state index is 5.83. The molecule has 0 saturated heterocycles. The van der Waals surface area contributed by atoms with Gasteiger partial charge in [0.25, 0.3) is 0 Å². The van der Waals surface area contributed by atoms with Crippen molar-refractivity contribution >= 4 is 5.82 Å². The van der Waals surface area contributed by atoms with Gasteiger partial charge in [-0.25, -0.2) is 4.98 Å². The van der Waals surface area contributed by atoms with Gasteiger partial charge in [0.1, 0.15) is 24.0 Å². The van der Waals surface area contributed by atoms with Crippen molar-refractivity contribution in [2.45, 2.75) is 27.4 Å². The van der Waals surface area contributed by atoms with E-state index < -0.39 is 0 Å². The first-order valence-electron chi connectivity index (χ1n) is 6.99. The predicted molar refractivity (Wildman–Crippen MR) is 83.0 cm³/mol. The van der Waals surface area contributed by atoms with Crippen molar-refractivity contribution in [3.05, 3.63) is 41.2 Å². The largest absolute Gasteiger partial charge is 0.497 e. The van der Waals surface area contributed by atoms with Crippen molar-refractivity contribution in [3.63, 3.8) is 0 Å². The van der Waals surface area contributed by atoms with E-state index in [-0.39, 0.29) is 0 Å². The zero-order valence-corrected chi connectivity index (χ0v) is 12.9. The molecule has 1 aromatic heterocycles. The van der Waals surface area contributed by atoms with Crippen molar-refractivity contribution in [1.29, 1.82) is 0 Å². The molecular formula is C16H21N3O2. The Kier molecular flexibility index (Phi) is 4.98. The summed E-state index contributed by atoms with van der Waals surface area (Å²) in [5, 5.41) is 3.22. The van der Waals surface area contributed by atoms with Gasteiger partial charge in [-0.15, -0.1) is 0 Å². The number of aromatic nitrogens is 2. The maximum atomic E-state index is 5.83. The van der Waals surface area contributed by atoms with Gasteiger partial charge in [0, 0.05) is 6.54 Å². The summed E-state index contributed by atoms with van der Waals surface area (Å²) >= 11 is 0. The Hall–Kier alpha value is -2.30. The molecule has 2 rings (SSSR count). The number of hydrogen-bond acceptors (Lipinski definition) is 5. The van der Waals surface area contributed by atoms with E-state index >= 15 is 0 Å². The number of anilines is 1. The highest BCUT2D eigenvalue weighted by atomic mass is 16.5. The molecule has 0 unspecified atom stereocenters. The fourth-order valence-electron chi connectivity index (χ4n) is 1.96. The number of benzene rings is 1. The zero-order valence-electron chi connectivity index (χ0n) is 12.9. The molecule has 112 valence electrons. The smallest absolute Gasteiger partial charge is 0.222 e. The number of rotatable bonds is 6. The minimum atomic E-state index is 0.465. The lowest BCUT2D eigenvalue weighted by Crippen LogP contribution is -2.07. The Bertz CT molecular complexity index is 597. The molecule has 0 aliphatic heterocycles. The van der Waals surface area contributed by atoms with Crippen LogP contribution in [0.3, 0.4) is 0 Å². The van der Waals surface area contributed by atoms with Gasteiger partial charge in [-0.2, -0.15) is 4.98 Å². The van der Waals surface area contributed by atoms with Crippen LogP contribution in [0.1, 0.15) is 23.9 Å². The summed E-state index contributed by atoms with van der Waals surface area (Å²) in [5.41, 5.74) is 1.99. The van der Waals surface area contributed by atoms with Gasteiger partial charge in [-0.3, -0.25) is 0 Å². The zero-order chi connectivity index (χ0) is 15.2. The molecule has 0 aliphatic carbocycles. The van der Waals surface area contributed by atoms with Gasteiger partial charge < -0.3 is 14.8 Å². The van der Waals surface area contributed by atoms with Crippen LogP contribution in [0.5, 0.6) is 11.6 Å². The molecule has 0 saturated carbocycles. The summed E-state index contributed by atoms with van der Waals surface area (Å²) in [7, 11) is 1.65. The summed E-state index contributed by atoms with van der Waals surface area (Å²) in [5.74, 6) is 2.98. The van der Waals surface area contributed by atoms with Crippen molar-refractivity contribution in [1.82, 2.24) is 9.97 Å². The van der Waals surface area contributed by atoms with Gasteiger partial charge in [-0.05, 0) is 38.5 Å². The van der Waals surface area contributed by atoms with Crippen LogP contribution in [0, 0.1) is 13.8 Å². The first kappa shape index (κ1) is 15.1. The van der Waals surface area contributed by atoms with Gasteiger partial charge in [0.15, 0.2) is 0 Å². The average Bonchev–Trinajstić information content (AvgIpc) is 2.50. The fraction of sp³-hybridized carbons (Fsp3) is 0.375. The van der Waals surface area contributed by atoms with E-state index in [1.54, 1.807) is 7.11 Å². The van der Waals surface area contributed by atoms with Gasteiger partial charge in [0.2, 0.25) is 5.88 Å². The summed E-state index contributed by atoms with van der Waals surface area (Å²) in [6.45, 7) is 7.14. The monoisotopic (exact) mass is 287 g/mol. The number of ether oxygens (including phenoxy) is 2. The van der Waals surface area contributed by atoms with Crippen LogP contribution >= 0.6 is 0 Å². The molecule has 0 aliphatic rings. The van der Waals surface area contributed by atoms with E-state index in [1.807, 2.05) is 45.0 Å². The molecule has 0 amide bonds. The van der Waals surface area contributed by atoms with E-state index in [4.69, 9.17) is 9.47 Å². The Morgan fingerprint density at radius 2 is 1.81 bits per heavy atom. The van der Waals surface area contributed by atoms with Crippen molar-refractivity contribution < 1.29 is 9.47 Å². The van der Waals surface area contributed by atoms with Crippen molar-refractivity contribution in [3.8, 4) is 11.6 Å².